The molecule has 162 valence electrons. The molecule has 1 heterocycles. The summed E-state index contributed by atoms with van der Waals surface area (Å²) in [5.74, 6) is -0.265. The third-order valence-corrected chi connectivity index (χ3v) is 4.95. The maximum absolute atomic E-state index is 12.5. The first-order valence-corrected chi connectivity index (χ1v) is 10.2. The number of likely N-dealkylation sites (N-methyl/N-ethyl adjacent to an activating group) is 1. The van der Waals surface area contributed by atoms with Crippen molar-refractivity contribution < 1.29 is 19.1 Å². The summed E-state index contributed by atoms with van der Waals surface area (Å²) in [6.45, 7) is 4.96. The average molecular weight is 422 g/mol. The van der Waals surface area contributed by atoms with E-state index in [1.807, 2.05) is 30.3 Å². The SMILES string of the molecule is CCN(CC(=O)Nc1ccc(N2CCOCC2)cc1)C(=O)COc1ccccc1C#N. The maximum atomic E-state index is 12.5. The molecule has 1 fully saturated rings. The lowest BCUT2D eigenvalue weighted by Gasteiger charge is -2.29. The van der Waals surface area contributed by atoms with E-state index in [4.69, 9.17) is 14.7 Å². The normalized spacial score (nSPS) is 13.2. The second kappa shape index (κ2) is 11.0. The van der Waals surface area contributed by atoms with E-state index in [2.05, 4.69) is 10.2 Å². The fourth-order valence-corrected chi connectivity index (χ4v) is 3.24. The number of amides is 2. The van der Waals surface area contributed by atoms with Gasteiger partial charge in [0.2, 0.25) is 5.91 Å². The minimum absolute atomic E-state index is 0.0796. The molecule has 0 radical (unpaired) electrons. The monoisotopic (exact) mass is 422 g/mol. The van der Waals surface area contributed by atoms with E-state index in [9.17, 15) is 9.59 Å². The molecule has 2 aromatic rings. The molecule has 8 heteroatoms. The standard InChI is InChI=1S/C23H26N4O4/c1-2-26(23(29)17-31-21-6-4-3-5-18(21)15-24)16-22(28)25-19-7-9-20(10-8-19)27-11-13-30-14-12-27/h3-10H,2,11-14,16-17H2,1H3,(H,25,28). The number of hydrogen-bond acceptors (Lipinski definition) is 6. The van der Waals surface area contributed by atoms with Crippen molar-refractivity contribution in [3.63, 3.8) is 0 Å². The van der Waals surface area contributed by atoms with Crippen LogP contribution < -0.4 is 15.0 Å². The van der Waals surface area contributed by atoms with Gasteiger partial charge in [-0.15, -0.1) is 0 Å². The van der Waals surface area contributed by atoms with Crippen LogP contribution in [0, 0.1) is 11.3 Å². The number of nitriles is 1. The van der Waals surface area contributed by atoms with Gasteiger partial charge in [0.25, 0.3) is 5.91 Å². The Labute approximate surface area is 182 Å². The molecule has 0 saturated carbocycles. The first kappa shape index (κ1) is 22.1. The predicted octanol–water partition coefficient (Wildman–Crippen LogP) is 2.26. The lowest BCUT2D eigenvalue weighted by Crippen LogP contribution is -2.40. The second-order valence-corrected chi connectivity index (χ2v) is 7.00. The van der Waals surface area contributed by atoms with Crippen molar-refractivity contribution in [2.75, 3.05) is 56.2 Å². The number of carbonyl (C=O) groups is 2. The van der Waals surface area contributed by atoms with Gasteiger partial charge in [0.05, 0.1) is 25.3 Å². The quantitative estimate of drug-likeness (QED) is 0.701. The number of carbonyl (C=O) groups excluding carboxylic acids is 2. The van der Waals surface area contributed by atoms with Gasteiger partial charge in [-0.1, -0.05) is 12.1 Å². The fraction of sp³-hybridized carbons (Fsp3) is 0.348. The van der Waals surface area contributed by atoms with Gasteiger partial charge >= 0.3 is 0 Å². The Hall–Kier alpha value is -3.57. The van der Waals surface area contributed by atoms with Crippen LogP contribution in [0.25, 0.3) is 0 Å². The van der Waals surface area contributed by atoms with E-state index < -0.39 is 0 Å². The van der Waals surface area contributed by atoms with E-state index in [-0.39, 0.29) is 25.0 Å². The Morgan fingerprint density at radius 3 is 2.55 bits per heavy atom. The van der Waals surface area contributed by atoms with Crippen LogP contribution in [0.5, 0.6) is 5.75 Å². The molecule has 0 bridgehead atoms. The van der Waals surface area contributed by atoms with E-state index in [1.54, 1.807) is 31.2 Å². The fourth-order valence-electron chi connectivity index (χ4n) is 3.24. The van der Waals surface area contributed by atoms with E-state index in [0.717, 1.165) is 18.8 Å². The third kappa shape index (κ3) is 6.20. The third-order valence-electron chi connectivity index (χ3n) is 4.95. The highest BCUT2D eigenvalue weighted by atomic mass is 16.5. The number of para-hydroxylation sites is 1. The van der Waals surface area contributed by atoms with Gasteiger partial charge < -0.3 is 24.6 Å². The smallest absolute Gasteiger partial charge is 0.260 e. The molecule has 3 rings (SSSR count). The first-order chi connectivity index (χ1) is 15.1. The van der Waals surface area contributed by atoms with Crippen LogP contribution in [0.2, 0.25) is 0 Å². The number of rotatable bonds is 8. The summed E-state index contributed by atoms with van der Waals surface area (Å²) in [4.78, 5) is 28.6. The van der Waals surface area contributed by atoms with Crippen molar-refractivity contribution in [2.24, 2.45) is 0 Å². The van der Waals surface area contributed by atoms with Crippen LogP contribution in [0.4, 0.5) is 11.4 Å². The average Bonchev–Trinajstić information content (AvgIpc) is 2.82. The zero-order valence-corrected chi connectivity index (χ0v) is 17.5. The first-order valence-electron chi connectivity index (χ1n) is 10.2. The van der Waals surface area contributed by atoms with Gasteiger partial charge in [-0.05, 0) is 43.3 Å². The molecule has 8 nitrogen and oxygen atoms in total. The molecule has 1 aliphatic rings. The number of morpholine rings is 1. The zero-order valence-electron chi connectivity index (χ0n) is 17.5. The summed E-state index contributed by atoms with van der Waals surface area (Å²) in [6.07, 6.45) is 0. The summed E-state index contributed by atoms with van der Waals surface area (Å²) < 4.78 is 10.8. The predicted molar refractivity (Wildman–Crippen MR) is 117 cm³/mol. The molecule has 0 aromatic heterocycles. The van der Waals surface area contributed by atoms with Crippen molar-refractivity contribution >= 4 is 23.2 Å². The Morgan fingerprint density at radius 1 is 1.16 bits per heavy atom. The molecule has 1 N–H and O–H groups in total. The van der Waals surface area contributed by atoms with Crippen LogP contribution in [-0.4, -0.2) is 62.7 Å². The van der Waals surface area contributed by atoms with Gasteiger partial charge in [-0.3, -0.25) is 9.59 Å². The molecule has 1 saturated heterocycles. The summed E-state index contributed by atoms with van der Waals surface area (Å²) in [5, 5.41) is 11.9. The Morgan fingerprint density at radius 2 is 1.87 bits per heavy atom. The number of anilines is 2. The zero-order chi connectivity index (χ0) is 22.1. The van der Waals surface area contributed by atoms with Crippen LogP contribution in [0.3, 0.4) is 0 Å². The number of nitrogens with one attached hydrogen (secondary N) is 1. The second-order valence-electron chi connectivity index (χ2n) is 7.00. The summed E-state index contributed by atoms with van der Waals surface area (Å²) >= 11 is 0. The van der Waals surface area contributed by atoms with Crippen LogP contribution >= 0.6 is 0 Å². The van der Waals surface area contributed by atoms with Crippen molar-refractivity contribution in [2.45, 2.75) is 6.92 Å². The molecule has 0 spiro atoms. The number of benzene rings is 2. The Balaban J connectivity index is 1.50. The van der Waals surface area contributed by atoms with Gasteiger partial charge in [0.1, 0.15) is 11.8 Å². The lowest BCUT2D eigenvalue weighted by molar-refractivity contribution is -0.136. The van der Waals surface area contributed by atoms with Crippen LogP contribution in [0.1, 0.15) is 12.5 Å². The van der Waals surface area contributed by atoms with Gasteiger partial charge in [0.15, 0.2) is 6.61 Å². The van der Waals surface area contributed by atoms with Crippen molar-refractivity contribution in [3.05, 3.63) is 54.1 Å². The highest BCUT2D eigenvalue weighted by molar-refractivity contribution is 5.94. The Kier molecular flexibility index (Phi) is 7.85. The van der Waals surface area contributed by atoms with E-state index in [1.165, 1.54) is 4.90 Å². The molecule has 0 atom stereocenters. The van der Waals surface area contributed by atoms with Gasteiger partial charge in [-0.2, -0.15) is 5.26 Å². The van der Waals surface area contributed by atoms with Crippen LogP contribution in [-0.2, 0) is 14.3 Å². The largest absolute Gasteiger partial charge is 0.482 e. The molecule has 2 aromatic carbocycles. The molecule has 31 heavy (non-hydrogen) atoms. The molecule has 0 aliphatic carbocycles. The minimum atomic E-state index is -0.326. The van der Waals surface area contributed by atoms with E-state index in [0.29, 0.717) is 36.8 Å². The van der Waals surface area contributed by atoms with Crippen molar-refractivity contribution in [3.8, 4) is 11.8 Å². The highest BCUT2D eigenvalue weighted by Gasteiger charge is 2.17. The summed E-state index contributed by atoms with van der Waals surface area (Å²) in [6, 6.07) is 16.4. The minimum Gasteiger partial charge on any atom is -0.482 e. The highest BCUT2D eigenvalue weighted by Crippen LogP contribution is 2.19. The lowest BCUT2D eigenvalue weighted by atomic mass is 10.2. The molecule has 1 aliphatic heterocycles. The number of hydrogen-bond donors (Lipinski definition) is 1. The summed E-state index contributed by atoms with van der Waals surface area (Å²) in [5.41, 5.74) is 2.11. The van der Waals surface area contributed by atoms with Crippen LogP contribution in [0.15, 0.2) is 48.5 Å². The number of ether oxygens (including phenoxy) is 2. The Bertz CT molecular complexity index is 933. The molecule has 2 amide bonds. The van der Waals surface area contributed by atoms with Crippen molar-refractivity contribution in [1.82, 2.24) is 4.90 Å². The van der Waals surface area contributed by atoms with Gasteiger partial charge in [-0.25, -0.2) is 0 Å². The number of nitrogens with zero attached hydrogens (tertiary/aromatic N) is 3. The molecule has 0 unspecified atom stereocenters. The maximum Gasteiger partial charge on any atom is 0.260 e. The topological polar surface area (TPSA) is 94.9 Å². The van der Waals surface area contributed by atoms with Gasteiger partial charge in [0, 0.05) is 31.0 Å². The van der Waals surface area contributed by atoms with Crippen molar-refractivity contribution in [1.29, 1.82) is 5.26 Å². The summed E-state index contributed by atoms with van der Waals surface area (Å²) in [7, 11) is 0. The van der Waals surface area contributed by atoms with E-state index >= 15 is 0 Å². The molecular weight excluding hydrogens is 396 g/mol. The molecular formula is C23H26N4O4.